The molecular weight excluding hydrogens is 202 g/mol. The molecule has 16 heavy (non-hydrogen) atoms. The highest BCUT2D eigenvalue weighted by Crippen LogP contribution is 2.19. The summed E-state index contributed by atoms with van der Waals surface area (Å²) in [5.74, 6) is 0.390. The fraction of sp³-hybridized carbons (Fsp3) is 0.231. The fourth-order valence-electron chi connectivity index (χ4n) is 1.56. The predicted octanol–water partition coefficient (Wildman–Crippen LogP) is 2.63. The molecule has 0 saturated heterocycles. The van der Waals surface area contributed by atoms with Crippen LogP contribution in [0.3, 0.4) is 0 Å². The molecule has 2 rings (SSSR count). The molecule has 0 aliphatic rings. The maximum absolute atomic E-state index is 11.2. The summed E-state index contributed by atoms with van der Waals surface area (Å²) < 4.78 is 4.83. The third-order valence-electron chi connectivity index (χ3n) is 2.58. The van der Waals surface area contributed by atoms with E-state index in [2.05, 4.69) is 11.9 Å². The second-order valence-electron chi connectivity index (χ2n) is 3.88. The average Bonchev–Trinajstić information content (AvgIpc) is 2.20. The van der Waals surface area contributed by atoms with Crippen molar-refractivity contribution in [2.75, 3.05) is 0 Å². The monoisotopic (exact) mass is 215 g/mol. The van der Waals surface area contributed by atoms with E-state index in [1.807, 2.05) is 25.1 Å². The summed E-state index contributed by atoms with van der Waals surface area (Å²) in [7, 11) is 0. The number of aromatic nitrogens is 1. The van der Waals surface area contributed by atoms with Gasteiger partial charge in [0.05, 0.1) is 11.8 Å². The predicted molar refractivity (Wildman–Crippen MR) is 62.4 cm³/mol. The average molecular weight is 215 g/mol. The Kier molecular flexibility index (Phi) is 2.60. The van der Waals surface area contributed by atoms with E-state index in [4.69, 9.17) is 4.42 Å². The number of hydrogen-bond acceptors (Lipinski definition) is 3. The van der Waals surface area contributed by atoms with E-state index in [1.165, 1.54) is 17.2 Å². The van der Waals surface area contributed by atoms with Crippen LogP contribution in [-0.2, 0) is 0 Å². The fourth-order valence-corrected chi connectivity index (χ4v) is 1.56. The molecule has 1 aromatic heterocycles. The Hall–Kier alpha value is -1.90. The zero-order valence-electron chi connectivity index (χ0n) is 9.57. The highest BCUT2D eigenvalue weighted by molar-refractivity contribution is 5.60. The van der Waals surface area contributed by atoms with Gasteiger partial charge in [0.2, 0.25) is 0 Å². The van der Waals surface area contributed by atoms with Gasteiger partial charge >= 0.3 is 5.63 Å². The van der Waals surface area contributed by atoms with Crippen molar-refractivity contribution in [2.24, 2.45) is 0 Å². The zero-order chi connectivity index (χ0) is 11.7. The van der Waals surface area contributed by atoms with Crippen LogP contribution in [0.4, 0.5) is 0 Å². The van der Waals surface area contributed by atoms with Gasteiger partial charge in [-0.15, -0.1) is 0 Å². The molecule has 0 unspecified atom stereocenters. The van der Waals surface area contributed by atoms with Crippen LogP contribution in [0, 0.1) is 20.8 Å². The highest BCUT2D eigenvalue weighted by Gasteiger charge is 2.04. The molecule has 0 atom stereocenters. The van der Waals surface area contributed by atoms with Crippen molar-refractivity contribution < 1.29 is 4.42 Å². The van der Waals surface area contributed by atoms with E-state index in [1.54, 1.807) is 6.92 Å². The lowest BCUT2D eigenvalue weighted by Crippen LogP contribution is -2.01. The van der Waals surface area contributed by atoms with Crippen molar-refractivity contribution in [3.63, 3.8) is 0 Å². The SMILES string of the molecule is Cc1nc(-c2ccc(C)c(C)c2)cc(=O)o1. The highest BCUT2D eigenvalue weighted by atomic mass is 16.4. The number of rotatable bonds is 1. The smallest absolute Gasteiger partial charge is 0.339 e. The number of benzene rings is 1. The largest absolute Gasteiger partial charge is 0.409 e. The van der Waals surface area contributed by atoms with Gasteiger partial charge < -0.3 is 4.42 Å². The van der Waals surface area contributed by atoms with E-state index >= 15 is 0 Å². The van der Waals surface area contributed by atoms with E-state index in [-0.39, 0.29) is 5.63 Å². The van der Waals surface area contributed by atoms with Crippen molar-refractivity contribution in [2.45, 2.75) is 20.8 Å². The van der Waals surface area contributed by atoms with Crippen molar-refractivity contribution in [1.82, 2.24) is 4.98 Å². The molecule has 0 spiro atoms. The summed E-state index contributed by atoms with van der Waals surface area (Å²) in [6.45, 7) is 5.76. The van der Waals surface area contributed by atoms with Crippen LogP contribution in [0.15, 0.2) is 33.5 Å². The number of nitrogens with zero attached hydrogens (tertiary/aromatic N) is 1. The Labute approximate surface area is 93.8 Å². The maximum atomic E-state index is 11.2. The second-order valence-corrected chi connectivity index (χ2v) is 3.88. The maximum Gasteiger partial charge on any atom is 0.339 e. The molecule has 0 fully saturated rings. The van der Waals surface area contributed by atoms with Gasteiger partial charge in [0, 0.05) is 12.5 Å². The Morgan fingerprint density at radius 2 is 1.81 bits per heavy atom. The van der Waals surface area contributed by atoms with Crippen LogP contribution in [-0.4, -0.2) is 4.98 Å². The van der Waals surface area contributed by atoms with Crippen molar-refractivity contribution in [1.29, 1.82) is 0 Å². The second kappa shape index (κ2) is 3.93. The molecule has 2 aromatic rings. The molecule has 1 aromatic carbocycles. The summed E-state index contributed by atoms with van der Waals surface area (Å²) in [5, 5.41) is 0. The van der Waals surface area contributed by atoms with Gasteiger partial charge in [-0.05, 0) is 31.0 Å². The first-order chi connectivity index (χ1) is 7.56. The molecule has 3 heteroatoms. The lowest BCUT2D eigenvalue weighted by Gasteiger charge is -2.04. The Morgan fingerprint density at radius 1 is 1.06 bits per heavy atom. The molecule has 1 heterocycles. The van der Waals surface area contributed by atoms with Crippen LogP contribution in [0.2, 0.25) is 0 Å². The normalized spacial score (nSPS) is 10.4. The summed E-state index contributed by atoms with van der Waals surface area (Å²) in [6, 6.07) is 7.42. The molecule has 0 amide bonds. The van der Waals surface area contributed by atoms with Crippen molar-refractivity contribution >= 4 is 0 Å². The van der Waals surface area contributed by atoms with Crippen molar-refractivity contribution in [3.8, 4) is 11.3 Å². The molecule has 0 aliphatic heterocycles. The molecule has 0 bridgehead atoms. The number of hydrogen-bond donors (Lipinski definition) is 0. The molecular formula is C13H13NO2. The minimum atomic E-state index is -0.360. The van der Waals surface area contributed by atoms with Crippen LogP contribution >= 0.6 is 0 Å². The minimum Gasteiger partial charge on any atom is -0.409 e. The van der Waals surface area contributed by atoms with E-state index < -0.39 is 0 Å². The van der Waals surface area contributed by atoms with Crippen molar-refractivity contribution in [3.05, 3.63) is 51.7 Å². The number of aryl methyl sites for hydroxylation is 3. The first-order valence-electron chi connectivity index (χ1n) is 5.12. The first-order valence-corrected chi connectivity index (χ1v) is 5.12. The molecule has 0 N–H and O–H groups in total. The standard InChI is InChI=1S/C13H13NO2/c1-8-4-5-11(6-9(8)2)12-7-13(15)16-10(3)14-12/h4-7H,1-3H3. The van der Waals surface area contributed by atoms with Crippen LogP contribution in [0.5, 0.6) is 0 Å². The van der Waals surface area contributed by atoms with Gasteiger partial charge in [-0.25, -0.2) is 9.78 Å². The molecule has 0 radical (unpaired) electrons. The summed E-state index contributed by atoms with van der Waals surface area (Å²) in [5.41, 5.74) is 3.66. The molecule has 0 saturated carbocycles. The summed E-state index contributed by atoms with van der Waals surface area (Å²) in [6.07, 6.45) is 0. The summed E-state index contributed by atoms with van der Waals surface area (Å²) >= 11 is 0. The van der Waals surface area contributed by atoms with Gasteiger partial charge in [0.25, 0.3) is 0 Å². The van der Waals surface area contributed by atoms with Crippen LogP contribution in [0.25, 0.3) is 11.3 Å². The first kappa shape index (κ1) is 10.6. The molecule has 3 nitrogen and oxygen atoms in total. The van der Waals surface area contributed by atoms with E-state index in [0.717, 1.165) is 5.56 Å². The van der Waals surface area contributed by atoms with E-state index in [0.29, 0.717) is 11.6 Å². The van der Waals surface area contributed by atoms with Gasteiger partial charge in [-0.2, -0.15) is 0 Å². The topological polar surface area (TPSA) is 43.1 Å². The van der Waals surface area contributed by atoms with Crippen LogP contribution < -0.4 is 5.63 Å². The van der Waals surface area contributed by atoms with Gasteiger partial charge in [0.1, 0.15) is 0 Å². The van der Waals surface area contributed by atoms with Gasteiger partial charge in [0.15, 0.2) is 5.89 Å². The van der Waals surface area contributed by atoms with Gasteiger partial charge in [-0.3, -0.25) is 0 Å². The Morgan fingerprint density at radius 3 is 2.44 bits per heavy atom. The van der Waals surface area contributed by atoms with Gasteiger partial charge in [-0.1, -0.05) is 12.1 Å². The lowest BCUT2D eigenvalue weighted by molar-refractivity contribution is 0.458. The van der Waals surface area contributed by atoms with Crippen LogP contribution in [0.1, 0.15) is 17.0 Å². The van der Waals surface area contributed by atoms with E-state index in [9.17, 15) is 4.79 Å². The minimum absolute atomic E-state index is 0.360. The third-order valence-corrected chi connectivity index (χ3v) is 2.58. The Balaban J connectivity index is 2.58. The molecule has 0 aliphatic carbocycles. The quantitative estimate of drug-likeness (QED) is 0.734. The Bertz CT molecular complexity index is 585. The zero-order valence-corrected chi connectivity index (χ0v) is 9.57. The summed E-state index contributed by atoms with van der Waals surface area (Å²) in [4.78, 5) is 15.4. The molecule has 82 valence electrons. The third kappa shape index (κ3) is 2.03. The lowest BCUT2D eigenvalue weighted by atomic mass is 10.0.